The molecule has 0 bridgehead atoms. The summed E-state index contributed by atoms with van der Waals surface area (Å²) < 4.78 is 18.6. The molecule has 98 valence electrons. The van der Waals surface area contributed by atoms with Crippen LogP contribution in [0.15, 0.2) is 41.3 Å². The van der Waals surface area contributed by atoms with Crippen molar-refractivity contribution in [3.63, 3.8) is 0 Å². The van der Waals surface area contributed by atoms with Crippen molar-refractivity contribution in [2.45, 2.75) is 6.92 Å². The van der Waals surface area contributed by atoms with Gasteiger partial charge in [0.05, 0.1) is 12.2 Å². The summed E-state index contributed by atoms with van der Waals surface area (Å²) in [6, 6.07) is 7.15. The first-order valence-corrected chi connectivity index (χ1v) is 5.77. The number of H-pyrrole nitrogens is 1. The molecule has 5 heteroatoms. The van der Waals surface area contributed by atoms with E-state index in [0.29, 0.717) is 11.1 Å². The molecule has 4 nitrogen and oxygen atoms in total. The summed E-state index contributed by atoms with van der Waals surface area (Å²) in [6.07, 6.45) is 1.48. The SMILES string of the molecule is CCOC(=O)c1ccc(-c2cc[nH]c(=O)c2)cc1F. The highest BCUT2D eigenvalue weighted by Crippen LogP contribution is 2.20. The van der Waals surface area contributed by atoms with Gasteiger partial charge in [-0.1, -0.05) is 6.07 Å². The molecule has 2 rings (SSSR count). The lowest BCUT2D eigenvalue weighted by Crippen LogP contribution is -2.07. The number of carbonyl (C=O) groups is 1. The van der Waals surface area contributed by atoms with E-state index in [0.717, 1.165) is 0 Å². The zero-order chi connectivity index (χ0) is 13.8. The molecule has 19 heavy (non-hydrogen) atoms. The van der Waals surface area contributed by atoms with Gasteiger partial charge in [0.15, 0.2) is 0 Å². The van der Waals surface area contributed by atoms with Crippen LogP contribution in [-0.2, 0) is 4.74 Å². The molecule has 1 aromatic heterocycles. The number of nitrogens with one attached hydrogen (secondary N) is 1. The Bertz CT molecular complexity index is 664. The Hall–Kier alpha value is -2.43. The van der Waals surface area contributed by atoms with E-state index in [2.05, 4.69) is 4.98 Å². The third kappa shape index (κ3) is 2.88. The van der Waals surface area contributed by atoms with Crippen molar-refractivity contribution in [3.8, 4) is 11.1 Å². The first-order chi connectivity index (χ1) is 9.11. The Kier molecular flexibility index (Phi) is 3.75. The first-order valence-electron chi connectivity index (χ1n) is 5.77. The fourth-order valence-corrected chi connectivity index (χ4v) is 1.69. The summed E-state index contributed by atoms with van der Waals surface area (Å²) in [6.45, 7) is 1.84. The van der Waals surface area contributed by atoms with Crippen LogP contribution in [0.25, 0.3) is 11.1 Å². The van der Waals surface area contributed by atoms with Crippen LogP contribution in [0, 0.1) is 5.82 Å². The van der Waals surface area contributed by atoms with Gasteiger partial charge in [-0.25, -0.2) is 9.18 Å². The zero-order valence-electron chi connectivity index (χ0n) is 10.3. The maximum atomic E-state index is 13.8. The number of halogens is 1. The lowest BCUT2D eigenvalue weighted by Gasteiger charge is -2.05. The second-order valence-electron chi connectivity index (χ2n) is 3.86. The lowest BCUT2D eigenvalue weighted by atomic mass is 10.0. The molecule has 2 aromatic rings. The quantitative estimate of drug-likeness (QED) is 0.863. The van der Waals surface area contributed by atoms with Gasteiger partial charge in [-0.3, -0.25) is 4.79 Å². The molecule has 0 aliphatic heterocycles. The number of ether oxygens (including phenoxy) is 1. The van der Waals surface area contributed by atoms with Crippen molar-refractivity contribution in [3.05, 3.63) is 58.3 Å². The Labute approximate surface area is 108 Å². The summed E-state index contributed by atoms with van der Waals surface area (Å²) in [5.41, 5.74) is 0.720. The molecule has 1 N–H and O–H groups in total. The van der Waals surface area contributed by atoms with Crippen LogP contribution in [0.2, 0.25) is 0 Å². The third-order valence-electron chi connectivity index (χ3n) is 2.57. The van der Waals surface area contributed by atoms with Gasteiger partial charge in [-0.15, -0.1) is 0 Å². The topological polar surface area (TPSA) is 59.2 Å². The number of hydrogen-bond donors (Lipinski definition) is 1. The fourth-order valence-electron chi connectivity index (χ4n) is 1.69. The van der Waals surface area contributed by atoms with E-state index in [1.54, 1.807) is 19.1 Å². The van der Waals surface area contributed by atoms with Gasteiger partial charge in [-0.05, 0) is 36.2 Å². The van der Waals surface area contributed by atoms with Gasteiger partial charge >= 0.3 is 5.97 Å². The third-order valence-corrected chi connectivity index (χ3v) is 2.57. The van der Waals surface area contributed by atoms with E-state index in [1.807, 2.05) is 0 Å². The maximum absolute atomic E-state index is 13.8. The minimum Gasteiger partial charge on any atom is -0.462 e. The Morgan fingerprint density at radius 1 is 1.26 bits per heavy atom. The van der Waals surface area contributed by atoms with Crippen LogP contribution in [0.5, 0.6) is 0 Å². The number of pyridine rings is 1. The van der Waals surface area contributed by atoms with Crippen molar-refractivity contribution < 1.29 is 13.9 Å². The largest absolute Gasteiger partial charge is 0.462 e. The summed E-state index contributed by atoms with van der Waals surface area (Å²) in [5.74, 6) is -1.37. The predicted octanol–water partition coefficient (Wildman–Crippen LogP) is 2.36. The van der Waals surface area contributed by atoms with E-state index in [9.17, 15) is 14.0 Å². The minimum absolute atomic E-state index is 0.115. The van der Waals surface area contributed by atoms with Crippen LogP contribution in [0.1, 0.15) is 17.3 Å². The second kappa shape index (κ2) is 5.48. The Morgan fingerprint density at radius 3 is 2.63 bits per heavy atom. The molecule has 0 saturated heterocycles. The molecule has 0 amide bonds. The van der Waals surface area contributed by atoms with Crippen molar-refractivity contribution >= 4 is 5.97 Å². The molecule has 0 spiro atoms. The van der Waals surface area contributed by atoms with Crippen molar-refractivity contribution in [1.82, 2.24) is 4.98 Å². The molecule has 0 unspecified atom stereocenters. The standard InChI is InChI=1S/C14H12FNO3/c1-2-19-14(18)11-4-3-9(7-12(11)15)10-5-6-16-13(17)8-10/h3-8H,2H2,1H3,(H,16,17). The molecule has 1 aromatic carbocycles. The molecule has 0 aliphatic rings. The number of benzene rings is 1. The van der Waals surface area contributed by atoms with Crippen LogP contribution >= 0.6 is 0 Å². The molecule has 0 radical (unpaired) electrons. The number of rotatable bonds is 3. The predicted molar refractivity (Wildman–Crippen MR) is 68.4 cm³/mol. The average molecular weight is 261 g/mol. The van der Waals surface area contributed by atoms with Gasteiger partial charge in [0.2, 0.25) is 5.56 Å². The second-order valence-corrected chi connectivity index (χ2v) is 3.86. The van der Waals surface area contributed by atoms with Crippen molar-refractivity contribution in [1.29, 1.82) is 0 Å². The van der Waals surface area contributed by atoms with Gasteiger partial charge in [-0.2, -0.15) is 0 Å². The van der Waals surface area contributed by atoms with Crippen molar-refractivity contribution in [2.75, 3.05) is 6.61 Å². The number of aromatic amines is 1. The molecule has 0 atom stereocenters. The van der Waals surface area contributed by atoms with E-state index in [4.69, 9.17) is 4.74 Å². The van der Waals surface area contributed by atoms with Crippen LogP contribution in [0.3, 0.4) is 0 Å². The number of hydrogen-bond acceptors (Lipinski definition) is 3. The monoisotopic (exact) mass is 261 g/mol. The fraction of sp³-hybridized carbons (Fsp3) is 0.143. The molecular weight excluding hydrogens is 249 g/mol. The van der Waals surface area contributed by atoms with Gasteiger partial charge in [0, 0.05) is 12.3 Å². The van der Waals surface area contributed by atoms with E-state index in [-0.39, 0.29) is 17.7 Å². The molecule has 1 heterocycles. The number of aromatic nitrogens is 1. The Balaban J connectivity index is 2.39. The smallest absolute Gasteiger partial charge is 0.341 e. The number of carbonyl (C=O) groups excluding carboxylic acids is 1. The van der Waals surface area contributed by atoms with Crippen molar-refractivity contribution in [2.24, 2.45) is 0 Å². The van der Waals surface area contributed by atoms with Crippen LogP contribution in [-0.4, -0.2) is 17.6 Å². The van der Waals surface area contributed by atoms with E-state index < -0.39 is 11.8 Å². The van der Waals surface area contributed by atoms with Gasteiger partial charge < -0.3 is 9.72 Å². The normalized spacial score (nSPS) is 10.2. The molecular formula is C14H12FNO3. The summed E-state index contributed by atoms with van der Waals surface area (Å²) in [4.78, 5) is 25.1. The molecule has 0 fully saturated rings. The summed E-state index contributed by atoms with van der Waals surface area (Å²) in [5, 5.41) is 0. The summed E-state index contributed by atoms with van der Waals surface area (Å²) >= 11 is 0. The zero-order valence-corrected chi connectivity index (χ0v) is 10.3. The van der Waals surface area contributed by atoms with Gasteiger partial charge in [0.1, 0.15) is 5.82 Å². The highest BCUT2D eigenvalue weighted by molar-refractivity contribution is 5.90. The minimum atomic E-state index is -0.697. The van der Waals surface area contributed by atoms with Crippen LogP contribution < -0.4 is 5.56 Å². The molecule has 0 aliphatic carbocycles. The van der Waals surface area contributed by atoms with Crippen LogP contribution in [0.4, 0.5) is 4.39 Å². The first kappa shape index (κ1) is 13.0. The van der Waals surface area contributed by atoms with Gasteiger partial charge in [0.25, 0.3) is 0 Å². The Morgan fingerprint density at radius 2 is 2.00 bits per heavy atom. The lowest BCUT2D eigenvalue weighted by molar-refractivity contribution is 0.0521. The maximum Gasteiger partial charge on any atom is 0.341 e. The highest BCUT2D eigenvalue weighted by atomic mass is 19.1. The van der Waals surface area contributed by atoms with E-state index >= 15 is 0 Å². The van der Waals surface area contributed by atoms with E-state index in [1.165, 1.54) is 24.4 Å². The molecule has 0 saturated carbocycles. The highest BCUT2D eigenvalue weighted by Gasteiger charge is 2.13. The summed E-state index contributed by atoms with van der Waals surface area (Å²) in [7, 11) is 0. The average Bonchev–Trinajstić information content (AvgIpc) is 2.38. The number of esters is 1.